The van der Waals surface area contributed by atoms with Crippen molar-refractivity contribution < 1.29 is 9.59 Å². The molecule has 6 heteroatoms. The molecule has 2 aromatic carbocycles. The molecule has 0 radical (unpaired) electrons. The van der Waals surface area contributed by atoms with Gasteiger partial charge in [-0.1, -0.05) is 42.8 Å². The van der Waals surface area contributed by atoms with Gasteiger partial charge in [0.25, 0.3) is 0 Å². The van der Waals surface area contributed by atoms with Crippen LogP contribution in [0.15, 0.2) is 48.5 Å². The van der Waals surface area contributed by atoms with Gasteiger partial charge in [-0.2, -0.15) is 0 Å². The largest absolute Gasteiger partial charge is 0.368 e. The molecular weight excluding hydrogens is 374 g/mol. The van der Waals surface area contributed by atoms with E-state index in [0.29, 0.717) is 18.1 Å². The van der Waals surface area contributed by atoms with Crippen molar-refractivity contribution in [3.05, 3.63) is 59.1 Å². The van der Waals surface area contributed by atoms with E-state index in [0.717, 1.165) is 36.4 Å². The standard InChI is InChI=1S/C22H26ClN3O2/c1-3-18-7-4-5-10-21(18)26(17(2)27)16-22(28)25-13-11-24(12-14-25)20-9-6-8-19(23)15-20/h4-10,15H,3,11-14,16H2,1-2H3. The fourth-order valence-corrected chi connectivity index (χ4v) is 3.75. The minimum atomic E-state index is -0.119. The lowest BCUT2D eigenvalue weighted by Crippen LogP contribution is -2.52. The van der Waals surface area contributed by atoms with Crippen LogP contribution >= 0.6 is 11.6 Å². The number of amides is 2. The van der Waals surface area contributed by atoms with Gasteiger partial charge in [0.1, 0.15) is 6.54 Å². The van der Waals surface area contributed by atoms with Crippen LogP contribution in [0.25, 0.3) is 0 Å². The maximum atomic E-state index is 12.9. The zero-order valence-electron chi connectivity index (χ0n) is 16.4. The fourth-order valence-electron chi connectivity index (χ4n) is 3.56. The van der Waals surface area contributed by atoms with Gasteiger partial charge >= 0.3 is 0 Å². The zero-order chi connectivity index (χ0) is 20.1. The average Bonchev–Trinajstić information content (AvgIpc) is 2.71. The number of halogens is 1. The van der Waals surface area contributed by atoms with Gasteiger partial charge in [-0.3, -0.25) is 9.59 Å². The smallest absolute Gasteiger partial charge is 0.242 e. The summed E-state index contributed by atoms with van der Waals surface area (Å²) >= 11 is 6.08. The number of aryl methyl sites for hydroxylation is 1. The molecule has 3 rings (SSSR count). The lowest BCUT2D eigenvalue weighted by Gasteiger charge is -2.37. The van der Waals surface area contributed by atoms with Gasteiger partial charge in [-0.25, -0.2) is 0 Å². The number of anilines is 2. The molecule has 2 amide bonds. The van der Waals surface area contributed by atoms with Crippen molar-refractivity contribution in [3.8, 4) is 0 Å². The Hall–Kier alpha value is -2.53. The maximum Gasteiger partial charge on any atom is 0.242 e. The van der Waals surface area contributed by atoms with Gasteiger partial charge in [0, 0.05) is 49.5 Å². The molecule has 1 fully saturated rings. The van der Waals surface area contributed by atoms with E-state index >= 15 is 0 Å². The molecule has 0 saturated carbocycles. The minimum Gasteiger partial charge on any atom is -0.368 e. The summed E-state index contributed by atoms with van der Waals surface area (Å²) in [5, 5.41) is 0.711. The van der Waals surface area contributed by atoms with Crippen molar-refractivity contribution >= 4 is 34.8 Å². The number of hydrogen-bond donors (Lipinski definition) is 0. The van der Waals surface area contributed by atoms with Gasteiger partial charge in [0.05, 0.1) is 0 Å². The Morgan fingerprint density at radius 1 is 1.04 bits per heavy atom. The van der Waals surface area contributed by atoms with Crippen LogP contribution in [0.2, 0.25) is 5.02 Å². The topological polar surface area (TPSA) is 43.9 Å². The molecule has 0 aliphatic carbocycles. The number of carbonyl (C=O) groups excluding carboxylic acids is 2. The summed E-state index contributed by atoms with van der Waals surface area (Å²) < 4.78 is 0. The second kappa shape index (κ2) is 9.11. The van der Waals surface area contributed by atoms with Crippen molar-refractivity contribution in [1.82, 2.24) is 4.90 Å². The normalized spacial score (nSPS) is 14.1. The molecule has 148 valence electrons. The molecule has 0 bridgehead atoms. The van der Waals surface area contributed by atoms with Crippen LogP contribution in [0.4, 0.5) is 11.4 Å². The van der Waals surface area contributed by atoms with E-state index in [1.54, 1.807) is 4.90 Å². The Bertz CT molecular complexity index is 847. The fraction of sp³-hybridized carbons (Fsp3) is 0.364. The first-order chi connectivity index (χ1) is 13.5. The summed E-state index contributed by atoms with van der Waals surface area (Å²) in [5.41, 5.74) is 2.96. The van der Waals surface area contributed by atoms with Gasteiger partial charge in [-0.05, 0) is 36.2 Å². The van der Waals surface area contributed by atoms with E-state index in [4.69, 9.17) is 11.6 Å². The number of nitrogens with zero attached hydrogens (tertiary/aromatic N) is 3. The SMILES string of the molecule is CCc1ccccc1N(CC(=O)N1CCN(c2cccc(Cl)c2)CC1)C(C)=O. The Morgan fingerprint density at radius 2 is 1.75 bits per heavy atom. The second-order valence-corrected chi connectivity index (χ2v) is 7.37. The summed E-state index contributed by atoms with van der Waals surface area (Å²) in [6.45, 7) is 6.39. The predicted molar refractivity (Wildman–Crippen MR) is 114 cm³/mol. The number of para-hydroxylation sites is 1. The molecule has 1 aliphatic heterocycles. The molecule has 0 N–H and O–H groups in total. The lowest BCUT2D eigenvalue weighted by molar-refractivity contribution is -0.131. The summed E-state index contributed by atoms with van der Waals surface area (Å²) in [5.74, 6) is -0.140. The highest BCUT2D eigenvalue weighted by molar-refractivity contribution is 6.30. The molecular formula is C22H26ClN3O2. The van der Waals surface area contributed by atoms with Crippen molar-refractivity contribution in [2.45, 2.75) is 20.3 Å². The van der Waals surface area contributed by atoms with Crippen molar-refractivity contribution in [1.29, 1.82) is 0 Å². The van der Waals surface area contributed by atoms with Crippen molar-refractivity contribution in [3.63, 3.8) is 0 Å². The Morgan fingerprint density at radius 3 is 2.39 bits per heavy atom. The molecule has 0 spiro atoms. The molecule has 0 aromatic heterocycles. The first-order valence-corrected chi connectivity index (χ1v) is 10.0. The van der Waals surface area contributed by atoms with Crippen LogP contribution in [-0.2, 0) is 16.0 Å². The highest BCUT2D eigenvalue weighted by Crippen LogP contribution is 2.23. The molecule has 1 heterocycles. The average molecular weight is 400 g/mol. The highest BCUT2D eigenvalue weighted by Gasteiger charge is 2.25. The summed E-state index contributed by atoms with van der Waals surface area (Å²) in [4.78, 5) is 30.8. The Kier molecular flexibility index (Phi) is 6.57. The lowest BCUT2D eigenvalue weighted by atomic mass is 10.1. The highest BCUT2D eigenvalue weighted by atomic mass is 35.5. The van der Waals surface area contributed by atoms with Crippen LogP contribution < -0.4 is 9.80 Å². The van der Waals surface area contributed by atoms with Crippen molar-refractivity contribution in [2.75, 3.05) is 42.5 Å². The number of rotatable bonds is 5. The van der Waals surface area contributed by atoms with Crippen LogP contribution in [0.1, 0.15) is 19.4 Å². The summed E-state index contributed by atoms with van der Waals surface area (Å²) in [6, 6.07) is 15.5. The number of piperazine rings is 1. The quantitative estimate of drug-likeness (QED) is 0.771. The van der Waals surface area contributed by atoms with Crippen LogP contribution in [-0.4, -0.2) is 49.4 Å². The predicted octanol–water partition coefficient (Wildman–Crippen LogP) is 3.60. The summed E-state index contributed by atoms with van der Waals surface area (Å²) in [7, 11) is 0. The van der Waals surface area contributed by atoms with Gasteiger partial charge < -0.3 is 14.7 Å². The molecule has 1 saturated heterocycles. The molecule has 1 aliphatic rings. The molecule has 2 aromatic rings. The number of benzene rings is 2. The van der Waals surface area contributed by atoms with Crippen LogP contribution in [0, 0.1) is 0 Å². The Labute approximate surface area is 171 Å². The monoisotopic (exact) mass is 399 g/mol. The molecule has 5 nitrogen and oxygen atoms in total. The molecule has 28 heavy (non-hydrogen) atoms. The van der Waals surface area contributed by atoms with Crippen LogP contribution in [0.3, 0.4) is 0 Å². The van der Waals surface area contributed by atoms with E-state index in [9.17, 15) is 9.59 Å². The first kappa shape index (κ1) is 20.2. The third kappa shape index (κ3) is 4.65. The third-order valence-corrected chi connectivity index (χ3v) is 5.38. The van der Waals surface area contributed by atoms with Gasteiger partial charge in [0.2, 0.25) is 11.8 Å². The maximum absolute atomic E-state index is 12.9. The second-order valence-electron chi connectivity index (χ2n) is 6.94. The zero-order valence-corrected chi connectivity index (χ0v) is 17.2. The van der Waals surface area contributed by atoms with E-state index < -0.39 is 0 Å². The van der Waals surface area contributed by atoms with Crippen LogP contribution in [0.5, 0.6) is 0 Å². The van der Waals surface area contributed by atoms with E-state index in [-0.39, 0.29) is 18.4 Å². The van der Waals surface area contributed by atoms with E-state index in [1.165, 1.54) is 6.92 Å². The molecule has 0 atom stereocenters. The number of carbonyl (C=O) groups is 2. The van der Waals surface area contributed by atoms with E-state index in [1.807, 2.05) is 60.4 Å². The first-order valence-electron chi connectivity index (χ1n) is 9.64. The van der Waals surface area contributed by atoms with Crippen molar-refractivity contribution in [2.24, 2.45) is 0 Å². The minimum absolute atomic E-state index is 0.0214. The third-order valence-electron chi connectivity index (χ3n) is 5.14. The molecule has 0 unspecified atom stereocenters. The van der Waals surface area contributed by atoms with Gasteiger partial charge in [-0.15, -0.1) is 0 Å². The Balaban J connectivity index is 1.65. The number of hydrogen-bond acceptors (Lipinski definition) is 3. The summed E-state index contributed by atoms with van der Waals surface area (Å²) in [6.07, 6.45) is 0.812. The van der Waals surface area contributed by atoms with E-state index in [2.05, 4.69) is 4.90 Å². The van der Waals surface area contributed by atoms with Gasteiger partial charge in [0.15, 0.2) is 0 Å².